The van der Waals surface area contributed by atoms with Crippen LogP contribution in [0.4, 0.5) is 14.5 Å². The van der Waals surface area contributed by atoms with E-state index in [0.29, 0.717) is 5.56 Å². The predicted octanol–water partition coefficient (Wildman–Crippen LogP) is 0.679. The van der Waals surface area contributed by atoms with E-state index in [1.807, 2.05) is 5.32 Å². The van der Waals surface area contributed by atoms with Crippen LogP contribution in [0.25, 0.3) is 0 Å². The topological polar surface area (TPSA) is 89.3 Å². The van der Waals surface area contributed by atoms with Crippen LogP contribution in [0.1, 0.15) is 5.56 Å². The van der Waals surface area contributed by atoms with Gasteiger partial charge in [-0.25, -0.2) is 13.6 Å². The largest absolute Gasteiger partial charge is 0.321 e. The first-order valence-electron chi connectivity index (χ1n) is 4.46. The molecule has 1 rings (SSSR count). The Morgan fingerprint density at radius 2 is 1.82 bits per heavy atom. The fraction of sp³-hybridized carbons (Fsp3) is 0.222. The number of anilines is 1. The molecule has 1 aromatic carbocycles. The molecule has 94 valence electrons. The minimum atomic E-state index is -3.63. The van der Waals surface area contributed by atoms with Gasteiger partial charge in [0.25, 0.3) is 5.91 Å². The summed E-state index contributed by atoms with van der Waals surface area (Å²) in [6, 6.07) is 5.40. The van der Waals surface area contributed by atoms with Crippen LogP contribution in [-0.2, 0) is 20.6 Å². The molecule has 0 bridgehead atoms. The van der Waals surface area contributed by atoms with Crippen molar-refractivity contribution in [2.24, 2.45) is 5.14 Å². The zero-order valence-electron chi connectivity index (χ0n) is 8.56. The van der Waals surface area contributed by atoms with E-state index in [1.54, 1.807) is 0 Å². The van der Waals surface area contributed by atoms with Gasteiger partial charge >= 0.3 is 6.43 Å². The number of benzene rings is 1. The molecule has 1 amide bonds. The maximum absolute atomic E-state index is 11.9. The van der Waals surface area contributed by atoms with Crippen LogP contribution >= 0.6 is 0 Å². The molecule has 3 N–H and O–H groups in total. The highest BCUT2D eigenvalue weighted by molar-refractivity contribution is 7.88. The number of sulfonamides is 1. The lowest BCUT2D eigenvalue weighted by Crippen LogP contribution is -2.20. The minimum Gasteiger partial charge on any atom is -0.321 e. The zero-order chi connectivity index (χ0) is 13.1. The molecule has 0 saturated carbocycles. The van der Waals surface area contributed by atoms with E-state index in [-0.39, 0.29) is 11.4 Å². The summed E-state index contributed by atoms with van der Waals surface area (Å²) in [6.07, 6.45) is -3.10. The fourth-order valence-corrected chi connectivity index (χ4v) is 1.77. The molecule has 0 fully saturated rings. The highest BCUT2D eigenvalue weighted by Crippen LogP contribution is 2.12. The summed E-state index contributed by atoms with van der Waals surface area (Å²) in [4.78, 5) is 10.6. The Bertz CT molecular complexity index is 499. The van der Waals surface area contributed by atoms with Gasteiger partial charge in [-0.15, -0.1) is 0 Å². The lowest BCUT2D eigenvalue weighted by molar-refractivity contribution is -0.126. The van der Waals surface area contributed by atoms with Crippen molar-refractivity contribution in [2.45, 2.75) is 12.2 Å². The molecule has 1 aromatic rings. The standard InChI is InChI=1S/C9H10F2N2O3S/c10-8(11)9(14)13-7-3-1-6(2-4-7)5-17(12,15)16/h1-4,8H,5H2,(H,13,14)(H2,12,15,16). The van der Waals surface area contributed by atoms with E-state index in [9.17, 15) is 22.0 Å². The lowest BCUT2D eigenvalue weighted by Gasteiger charge is -2.05. The molecule has 0 aliphatic heterocycles. The van der Waals surface area contributed by atoms with E-state index >= 15 is 0 Å². The van der Waals surface area contributed by atoms with Crippen molar-refractivity contribution in [2.75, 3.05) is 5.32 Å². The molecule has 0 heterocycles. The number of nitrogens with two attached hydrogens (primary N) is 1. The first-order valence-corrected chi connectivity index (χ1v) is 6.18. The van der Waals surface area contributed by atoms with E-state index in [4.69, 9.17) is 5.14 Å². The van der Waals surface area contributed by atoms with Crippen molar-refractivity contribution in [1.82, 2.24) is 0 Å². The third-order valence-electron chi connectivity index (χ3n) is 1.79. The van der Waals surface area contributed by atoms with E-state index in [0.717, 1.165) is 0 Å². The number of nitrogens with one attached hydrogen (secondary N) is 1. The summed E-state index contributed by atoms with van der Waals surface area (Å²) < 4.78 is 45.3. The summed E-state index contributed by atoms with van der Waals surface area (Å²) in [6.45, 7) is 0. The third-order valence-corrected chi connectivity index (χ3v) is 2.52. The minimum absolute atomic E-state index is 0.161. The summed E-state index contributed by atoms with van der Waals surface area (Å²) >= 11 is 0. The second-order valence-electron chi connectivity index (χ2n) is 3.29. The van der Waals surface area contributed by atoms with Gasteiger partial charge in [0, 0.05) is 5.69 Å². The number of primary sulfonamides is 1. The van der Waals surface area contributed by atoms with Gasteiger partial charge in [0.1, 0.15) is 0 Å². The maximum Gasteiger partial charge on any atom is 0.315 e. The van der Waals surface area contributed by atoms with Gasteiger partial charge in [-0.1, -0.05) is 12.1 Å². The van der Waals surface area contributed by atoms with Crippen molar-refractivity contribution in [1.29, 1.82) is 0 Å². The Labute approximate surface area is 96.7 Å². The number of amides is 1. The van der Waals surface area contributed by atoms with Crippen molar-refractivity contribution in [3.8, 4) is 0 Å². The molecule has 8 heteroatoms. The normalized spacial score (nSPS) is 11.5. The smallest absolute Gasteiger partial charge is 0.315 e. The molecule has 0 aliphatic rings. The average molecular weight is 264 g/mol. The quantitative estimate of drug-likeness (QED) is 0.838. The molecule has 5 nitrogen and oxygen atoms in total. The lowest BCUT2D eigenvalue weighted by atomic mass is 10.2. The summed E-state index contributed by atoms with van der Waals surface area (Å²) in [5.41, 5.74) is 0.566. The van der Waals surface area contributed by atoms with Crippen LogP contribution in [-0.4, -0.2) is 20.8 Å². The van der Waals surface area contributed by atoms with Crippen molar-refractivity contribution >= 4 is 21.6 Å². The molecule has 0 saturated heterocycles. The second kappa shape index (κ2) is 5.19. The van der Waals surface area contributed by atoms with Crippen LogP contribution < -0.4 is 10.5 Å². The number of carbonyl (C=O) groups is 1. The van der Waals surface area contributed by atoms with Gasteiger partial charge in [0.15, 0.2) is 0 Å². The number of carbonyl (C=O) groups excluding carboxylic acids is 1. The summed E-state index contributed by atoms with van der Waals surface area (Å²) in [5, 5.41) is 6.79. The van der Waals surface area contributed by atoms with Crippen LogP contribution in [0.15, 0.2) is 24.3 Å². The predicted molar refractivity (Wildman–Crippen MR) is 57.9 cm³/mol. The molecule has 0 atom stereocenters. The van der Waals surface area contributed by atoms with Gasteiger partial charge in [0.05, 0.1) is 5.75 Å². The van der Waals surface area contributed by atoms with Gasteiger partial charge < -0.3 is 5.32 Å². The summed E-state index contributed by atoms with van der Waals surface area (Å²) in [5.74, 6) is -1.76. The molecule has 0 unspecified atom stereocenters. The van der Waals surface area contributed by atoms with Crippen LogP contribution in [0.5, 0.6) is 0 Å². The Morgan fingerprint density at radius 1 is 1.29 bits per heavy atom. The second-order valence-corrected chi connectivity index (χ2v) is 4.91. The number of hydrogen-bond acceptors (Lipinski definition) is 3. The zero-order valence-corrected chi connectivity index (χ0v) is 9.38. The van der Waals surface area contributed by atoms with Crippen LogP contribution in [0.2, 0.25) is 0 Å². The van der Waals surface area contributed by atoms with E-state index < -0.39 is 22.4 Å². The first-order chi connectivity index (χ1) is 7.78. The highest BCUT2D eigenvalue weighted by atomic mass is 32.2. The molecular weight excluding hydrogens is 254 g/mol. The molecule has 17 heavy (non-hydrogen) atoms. The maximum atomic E-state index is 11.9. The van der Waals surface area contributed by atoms with Crippen molar-refractivity contribution in [3.05, 3.63) is 29.8 Å². The average Bonchev–Trinajstić information content (AvgIpc) is 2.18. The third kappa shape index (κ3) is 4.87. The monoisotopic (exact) mass is 264 g/mol. The molecule has 0 spiro atoms. The van der Waals surface area contributed by atoms with Gasteiger partial charge in [-0.05, 0) is 17.7 Å². The number of hydrogen-bond donors (Lipinski definition) is 2. The Morgan fingerprint density at radius 3 is 2.24 bits per heavy atom. The SMILES string of the molecule is NS(=O)(=O)Cc1ccc(NC(=O)C(F)F)cc1. The fourth-order valence-electron chi connectivity index (χ4n) is 1.11. The Kier molecular flexibility index (Phi) is 4.13. The van der Waals surface area contributed by atoms with Gasteiger partial charge in [-0.2, -0.15) is 8.78 Å². The molecule has 0 aliphatic carbocycles. The van der Waals surface area contributed by atoms with Crippen LogP contribution in [0.3, 0.4) is 0 Å². The Balaban J connectivity index is 2.72. The van der Waals surface area contributed by atoms with Crippen molar-refractivity contribution < 1.29 is 22.0 Å². The van der Waals surface area contributed by atoms with Crippen LogP contribution in [0, 0.1) is 0 Å². The summed E-state index contributed by atoms with van der Waals surface area (Å²) in [7, 11) is -3.63. The van der Waals surface area contributed by atoms with E-state index in [1.165, 1.54) is 24.3 Å². The van der Waals surface area contributed by atoms with Crippen molar-refractivity contribution in [3.63, 3.8) is 0 Å². The first kappa shape index (κ1) is 13.5. The van der Waals surface area contributed by atoms with Gasteiger partial charge in [-0.3, -0.25) is 4.79 Å². The highest BCUT2D eigenvalue weighted by Gasteiger charge is 2.14. The number of rotatable bonds is 4. The number of alkyl halides is 2. The molecule has 0 aromatic heterocycles. The molecular formula is C9H10F2N2O3S. The molecule has 0 radical (unpaired) electrons. The van der Waals surface area contributed by atoms with E-state index in [2.05, 4.69) is 0 Å². The Hall–Kier alpha value is -1.54. The number of halogens is 2. The van der Waals surface area contributed by atoms with Gasteiger partial charge in [0.2, 0.25) is 10.0 Å².